The number of aliphatic hydroxyl groups excluding tert-OH is 2. The van der Waals surface area contributed by atoms with E-state index in [4.69, 9.17) is 32.3 Å². The van der Waals surface area contributed by atoms with E-state index in [2.05, 4.69) is 215 Å². The van der Waals surface area contributed by atoms with Gasteiger partial charge < -0.3 is 34.2 Å². The van der Waals surface area contributed by atoms with E-state index in [1.54, 1.807) is 0 Å². The van der Waals surface area contributed by atoms with Gasteiger partial charge in [0.1, 0.15) is 25.4 Å². The highest BCUT2D eigenvalue weighted by atomic mass is 31.2. The molecule has 0 aliphatic heterocycles. The molecule has 0 saturated heterocycles. The molecular formula is C111H188O16P2. The highest BCUT2D eigenvalue weighted by molar-refractivity contribution is 7.47. The van der Waals surface area contributed by atoms with Gasteiger partial charge in [-0.2, -0.15) is 0 Å². The molecule has 16 nitrogen and oxygen atoms in total. The summed E-state index contributed by atoms with van der Waals surface area (Å²) in [5, 5.41) is 20.8. The van der Waals surface area contributed by atoms with Crippen molar-refractivity contribution in [3.63, 3.8) is 0 Å². The van der Waals surface area contributed by atoms with Crippen LogP contribution in [0, 0.1) is 0 Å². The first kappa shape index (κ1) is 123. The molecule has 0 spiro atoms. The number of ether oxygens (including phenoxy) is 3. The molecule has 0 heterocycles. The lowest BCUT2D eigenvalue weighted by atomic mass is 10.0. The third-order valence-electron chi connectivity index (χ3n) is 21.8. The van der Waals surface area contributed by atoms with E-state index in [1.807, 2.05) is 0 Å². The number of hydrogen-bond acceptors (Lipinski definition) is 14. The highest BCUT2D eigenvalue weighted by Crippen LogP contribution is 2.45. The minimum Gasteiger partial charge on any atom is -0.463 e. The number of phosphoric ester groups is 2. The molecule has 5 atom stereocenters. The number of aliphatic hydroxyl groups is 2. The van der Waals surface area contributed by atoms with Crippen molar-refractivity contribution in [1.29, 1.82) is 0 Å². The van der Waals surface area contributed by atoms with E-state index in [9.17, 15) is 43.5 Å². The lowest BCUT2D eigenvalue weighted by Gasteiger charge is -2.21. The monoisotopic (exact) mass is 1840 g/mol. The van der Waals surface area contributed by atoms with Gasteiger partial charge in [0, 0.05) is 19.3 Å². The predicted molar refractivity (Wildman–Crippen MR) is 546 cm³/mol. The Labute approximate surface area is 788 Å². The van der Waals surface area contributed by atoms with Gasteiger partial charge in [-0.25, -0.2) is 9.13 Å². The number of carbonyl (C=O) groups excluding carboxylic acids is 3. The molecule has 5 unspecified atom stereocenters. The van der Waals surface area contributed by atoms with Crippen molar-refractivity contribution < 1.29 is 75.8 Å². The third-order valence-corrected chi connectivity index (χ3v) is 23.7. The third kappa shape index (κ3) is 103. The Hall–Kier alpha value is -5.61. The number of unbranched alkanes of at least 4 members (excludes halogenated alkanes) is 42. The van der Waals surface area contributed by atoms with Gasteiger partial charge in [0.2, 0.25) is 0 Å². The molecule has 0 radical (unpaired) electrons. The molecule has 0 rings (SSSR count). The molecule has 0 aromatic rings. The Bertz CT molecular complexity index is 3130. The van der Waals surface area contributed by atoms with Crippen LogP contribution >= 0.6 is 15.6 Å². The van der Waals surface area contributed by atoms with Crippen molar-refractivity contribution in [2.24, 2.45) is 0 Å². The van der Waals surface area contributed by atoms with E-state index in [-0.39, 0.29) is 19.3 Å². The van der Waals surface area contributed by atoms with Crippen LogP contribution in [0.5, 0.6) is 0 Å². The highest BCUT2D eigenvalue weighted by Gasteiger charge is 2.30. The molecule has 0 bridgehead atoms. The molecule has 0 saturated carbocycles. The minimum absolute atomic E-state index is 0.0955. The number of allylic oxidation sites excluding steroid dienone is 32. The van der Waals surface area contributed by atoms with Gasteiger partial charge in [-0.1, -0.05) is 446 Å². The summed E-state index contributed by atoms with van der Waals surface area (Å²) in [5.74, 6) is -1.57. The van der Waals surface area contributed by atoms with E-state index < -0.39 is 91.5 Å². The molecule has 4 N–H and O–H groups in total. The van der Waals surface area contributed by atoms with Gasteiger partial charge in [0.25, 0.3) is 0 Å². The molecule has 0 aromatic heterocycles. The first-order chi connectivity index (χ1) is 63.2. The second kappa shape index (κ2) is 101. The number of esters is 3. The fraction of sp³-hybridized carbons (Fsp3) is 0.685. The minimum atomic E-state index is -4.95. The van der Waals surface area contributed by atoms with Gasteiger partial charge in [-0.15, -0.1) is 0 Å². The maximum Gasteiger partial charge on any atom is 0.472 e. The van der Waals surface area contributed by atoms with Crippen LogP contribution < -0.4 is 0 Å². The summed E-state index contributed by atoms with van der Waals surface area (Å²) in [5.41, 5.74) is 0. The molecule has 18 heteroatoms. The quantitative estimate of drug-likeness (QED) is 0.0146. The second-order valence-electron chi connectivity index (χ2n) is 34.2. The summed E-state index contributed by atoms with van der Waals surface area (Å²) in [7, 11) is -9.82. The topological polar surface area (TPSA) is 231 Å². The van der Waals surface area contributed by atoms with Gasteiger partial charge >= 0.3 is 33.6 Å². The van der Waals surface area contributed by atoms with E-state index in [1.165, 1.54) is 186 Å². The van der Waals surface area contributed by atoms with E-state index in [0.29, 0.717) is 19.3 Å². The first-order valence-corrected chi connectivity index (χ1v) is 54.7. The van der Waals surface area contributed by atoms with Gasteiger partial charge in [-0.05, 0) is 161 Å². The zero-order valence-corrected chi connectivity index (χ0v) is 83.6. The van der Waals surface area contributed by atoms with Gasteiger partial charge in [0.15, 0.2) is 6.10 Å². The van der Waals surface area contributed by atoms with Crippen molar-refractivity contribution in [1.82, 2.24) is 0 Å². The molecule has 0 aliphatic carbocycles. The maximum absolute atomic E-state index is 13.1. The average Bonchev–Trinajstić information content (AvgIpc) is 0.898. The Morgan fingerprint density at radius 1 is 0.217 bits per heavy atom. The van der Waals surface area contributed by atoms with Crippen LogP contribution in [-0.4, -0.2) is 95.9 Å². The van der Waals surface area contributed by atoms with Crippen molar-refractivity contribution >= 4 is 33.6 Å². The zero-order valence-electron chi connectivity index (χ0n) is 81.8. The molecule has 0 aromatic carbocycles. The second-order valence-corrected chi connectivity index (χ2v) is 37.1. The van der Waals surface area contributed by atoms with Crippen molar-refractivity contribution in [2.75, 3.05) is 39.6 Å². The van der Waals surface area contributed by atoms with Crippen LogP contribution in [-0.2, 0) is 55.8 Å². The molecule has 0 fully saturated rings. The van der Waals surface area contributed by atoms with Crippen molar-refractivity contribution in [2.45, 2.75) is 450 Å². The summed E-state index contributed by atoms with van der Waals surface area (Å²) in [6.07, 6.45) is 136. The summed E-state index contributed by atoms with van der Waals surface area (Å²) in [6.45, 7) is 2.40. The standard InChI is InChI=1S/C111H188O16P2/c1-4-7-10-13-16-19-22-25-28-31-34-37-40-43-46-48-50-51-52-53-55-57-59-61-64-67-70-73-76-79-82-85-88-91-94-97-109(114)121-100-106(112)101-123-128(117,118)124-102-107(113)103-125-129(119,120)126-105-108(127-111(116)99-96-93-90-87-84-81-78-75-72-69-66-63-58-45-42-39-36-33-30-27-24-21-18-15-12-9-6-3)104-122-110(115)98-95-92-89-86-83-80-77-74-71-68-65-62-60-56-54-49-47-44-41-38-35-32-29-26-23-20-17-14-11-8-5-2/h7-12,16-21,25-30,34-39,43-47,54,56,58,106-108,112-113H,4-6,13-15,22-24,31-33,40-42,48-53,55,57,59-105H2,1-3H3,(H,117,118)(H,119,120)/b10-7-,11-8-,12-9-,19-16-,20-17-,21-18-,28-25-,29-26-,30-27-,37-34-,38-35-,39-36-,46-43-,47-44-,56-54-,58-45-. The number of rotatable bonds is 97. The summed E-state index contributed by atoms with van der Waals surface area (Å²) < 4.78 is 61.7. The van der Waals surface area contributed by atoms with Crippen LogP contribution in [0.3, 0.4) is 0 Å². The normalized spacial score (nSPS) is 14.4. The Morgan fingerprint density at radius 3 is 0.612 bits per heavy atom. The van der Waals surface area contributed by atoms with Gasteiger partial charge in [0.05, 0.1) is 26.4 Å². The number of carbonyl (C=O) groups is 3. The Balaban J connectivity index is 4.59. The molecule has 0 amide bonds. The summed E-state index contributed by atoms with van der Waals surface area (Å²) in [4.78, 5) is 59.2. The summed E-state index contributed by atoms with van der Waals surface area (Å²) >= 11 is 0. The number of hydrogen-bond donors (Lipinski definition) is 4. The smallest absolute Gasteiger partial charge is 0.463 e. The fourth-order valence-corrected chi connectivity index (χ4v) is 15.7. The van der Waals surface area contributed by atoms with E-state index >= 15 is 0 Å². The lowest BCUT2D eigenvalue weighted by molar-refractivity contribution is -0.161. The molecule has 738 valence electrons. The summed E-state index contributed by atoms with van der Waals surface area (Å²) in [6, 6.07) is 0. The lowest BCUT2D eigenvalue weighted by Crippen LogP contribution is -2.30. The fourth-order valence-electron chi connectivity index (χ4n) is 14.1. The first-order valence-electron chi connectivity index (χ1n) is 51.7. The largest absolute Gasteiger partial charge is 0.472 e. The zero-order chi connectivity index (χ0) is 93.5. The maximum atomic E-state index is 13.1. The van der Waals surface area contributed by atoms with Crippen LogP contribution in [0.15, 0.2) is 194 Å². The Morgan fingerprint density at radius 2 is 0.388 bits per heavy atom. The Kier molecular flexibility index (Phi) is 97.0. The van der Waals surface area contributed by atoms with Crippen LogP contribution in [0.1, 0.15) is 432 Å². The van der Waals surface area contributed by atoms with Crippen molar-refractivity contribution in [3.05, 3.63) is 194 Å². The predicted octanol–water partition coefficient (Wildman–Crippen LogP) is 32.9. The number of phosphoric acid groups is 2. The SMILES string of the molecule is CC/C=C\C/C=C\C/C=C\C/C=C\C/C=C\C/C=C\CCCCCCCCCCCCCCC(=O)OCC(COP(=O)(O)OCC(O)COP(=O)(O)OCC(O)COC(=O)CCCCCCCCCCCCCCCCCCCCC/C=C\C/C=C\C/C=C\C/C=C\C/C=C\CC)OC(=O)CCCCCCCCCCCCC/C=C\C/C=C\C/C=C\C/C=C\C/C=C\CC. The van der Waals surface area contributed by atoms with Crippen LogP contribution in [0.2, 0.25) is 0 Å². The van der Waals surface area contributed by atoms with Crippen LogP contribution in [0.25, 0.3) is 0 Å². The molecule has 0 aliphatic rings. The molecular weight excluding hydrogens is 1650 g/mol. The average molecular weight is 1840 g/mol. The van der Waals surface area contributed by atoms with Crippen LogP contribution in [0.4, 0.5) is 0 Å². The van der Waals surface area contributed by atoms with E-state index in [0.717, 1.165) is 186 Å². The van der Waals surface area contributed by atoms with Gasteiger partial charge in [-0.3, -0.25) is 32.5 Å². The van der Waals surface area contributed by atoms with Crippen molar-refractivity contribution in [3.8, 4) is 0 Å². The molecule has 129 heavy (non-hydrogen) atoms.